The molecule has 4 heteroatoms. The zero-order valence-electron chi connectivity index (χ0n) is 12.1. The molecule has 0 saturated heterocycles. The van der Waals surface area contributed by atoms with Gasteiger partial charge in [-0.2, -0.15) is 5.10 Å². The molecule has 1 amide bonds. The molecule has 1 heterocycles. The van der Waals surface area contributed by atoms with Crippen molar-refractivity contribution in [1.29, 1.82) is 0 Å². The van der Waals surface area contributed by atoms with Crippen LogP contribution in [0.1, 0.15) is 16.7 Å². The lowest BCUT2D eigenvalue weighted by atomic mass is 9.98. The average molecular weight is 279 g/mol. The van der Waals surface area contributed by atoms with Gasteiger partial charge in [-0.05, 0) is 19.1 Å². The van der Waals surface area contributed by atoms with Crippen molar-refractivity contribution in [2.75, 3.05) is 18.5 Å². The van der Waals surface area contributed by atoms with Crippen molar-refractivity contribution >= 4 is 17.3 Å². The standard InChI is InChI=1S/C17H17N3O/c1-12-8-9-15-14(10-12)17(13-6-4-3-5-7-13)19-18-11-16(21)20(15)2/h3-10,18H,11H2,1-2H3. The molecule has 21 heavy (non-hydrogen) atoms. The van der Waals surface area contributed by atoms with Crippen LogP contribution >= 0.6 is 0 Å². The first kappa shape index (κ1) is 13.4. The number of fused-ring (bicyclic) bond motifs is 1. The van der Waals surface area contributed by atoms with E-state index in [2.05, 4.69) is 16.6 Å². The van der Waals surface area contributed by atoms with Crippen molar-refractivity contribution < 1.29 is 4.79 Å². The molecule has 0 saturated carbocycles. The van der Waals surface area contributed by atoms with Crippen LogP contribution in [0.25, 0.3) is 0 Å². The first-order valence-electron chi connectivity index (χ1n) is 6.90. The number of carbonyl (C=O) groups excluding carboxylic acids is 1. The Morgan fingerprint density at radius 1 is 1.14 bits per heavy atom. The Labute approximate surface area is 124 Å². The predicted octanol–water partition coefficient (Wildman–Crippen LogP) is 2.31. The summed E-state index contributed by atoms with van der Waals surface area (Å²) < 4.78 is 0. The molecule has 0 aromatic heterocycles. The van der Waals surface area contributed by atoms with Crippen molar-refractivity contribution in [2.45, 2.75) is 6.92 Å². The number of hydrogen-bond donors (Lipinski definition) is 1. The highest BCUT2D eigenvalue weighted by Gasteiger charge is 2.21. The van der Waals surface area contributed by atoms with Crippen LogP contribution in [-0.4, -0.2) is 25.2 Å². The molecule has 106 valence electrons. The lowest BCUT2D eigenvalue weighted by Crippen LogP contribution is -2.37. The van der Waals surface area contributed by atoms with Crippen LogP contribution in [0.2, 0.25) is 0 Å². The number of benzene rings is 2. The van der Waals surface area contributed by atoms with E-state index in [0.717, 1.165) is 28.1 Å². The Kier molecular flexibility index (Phi) is 3.44. The van der Waals surface area contributed by atoms with E-state index in [4.69, 9.17) is 0 Å². The third-order valence-electron chi connectivity index (χ3n) is 3.61. The van der Waals surface area contributed by atoms with Gasteiger partial charge in [-0.25, -0.2) is 0 Å². The summed E-state index contributed by atoms with van der Waals surface area (Å²) in [5.41, 5.74) is 7.74. The van der Waals surface area contributed by atoms with Crippen LogP contribution in [0, 0.1) is 6.92 Å². The number of hydrogen-bond acceptors (Lipinski definition) is 3. The molecule has 4 nitrogen and oxygen atoms in total. The molecule has 0 radical (unpaired) electrons. The van der Waals surface area contributed by atoms with E-state index in [1.807, 2.05) is 49.4 Å². The van der Waals surface area contributed by atoms with E-state index in [9.17, 15) is 4.79 Å². The molecular formula is C17H17N3O. The van der Waals surface area contributed by atoms with E-state index in [-0.39, 0.29) is 12.5 Å². The minimum Gasteiger partial charge on any atom is -0.313 e. The van der Waals surface area contributed by atoms with Gasteiger partial charge in [-0.15, -0.1) is 0 Å². The second kappa shape index (κ2) is 5.40. The van der Waals surface area contributed by atoms with E-state index < -0.39 is 0 Å². The van der Waals surface area contributed by atoms with Crippen molar-refractivity contribution in [3.8, 4) is 0 Å². The molecule has 3 rings (SSSR count). The molecule has 0 unspecified atom stereocenters. The van der Waals surface area contributed by atoms with Crippen LogP contribution in [0.5, 0.6) is 0 Å². The Morgan fingerprint density at radius 3 is 2.67 bits per heavy atom. The van der Waals surface area contributed by atoms with Crippen LogP contribution < -0.4 is 10.3 Å². The second-order valence-electron chi connectivity index (χ2n) is 5.13. The number of nitrogens with zero attached hydrogens (tertiary/aromatic N) is 2. The molecule has 1 aliphatic rings. The highest BCUT2D eigenvalue weighted by Crippen LogP contribution is 2.25. The van der Waals surface area contributed by atoms with Gasteiger partial charge in [0, 0.05) is 18.2 Å². The number of anilines is 1. The topological polar surface area (TPSA) is 44.7 Å². The highest BCUT2D eigenvalue weighted by atomic mass is 16.2. The van der Waals surface area contributed by atoms with E-state index >= 15 is 0 Å². The second-order valence-corrected chi connectivity index (χ2v) is 5.13. The largest absolute Gasteiger partial charge is 0.313 e. The van der Waals surface area contributed by atoms with E-state index in [1.165, 1.54) is 0 Å². The number of likely N-dealkylation sites (N-methyl/N-ethyl adjacent to an activating group) is 1. The molecule has 0 atom stereocenters. The van der Waals surface area contributed by atoms with Crippen molar-refractivity contribution in [3.05, 3.63) is 65.2 Å². The van der Waals surface area contributed by atoms with Gasteiger partial charge >= 0.3 is 0 Å². The van der Waals surface area contributed by atoms with E-state index in [1.54, 1.807) is 11.9 Å². The van der Waals surface area contributed by atoms with Crippen LogP contribution in [0.4, 0.5) is 5.69 Å². The van der Waals surface area contributed by atoms with Gasteiger partial charge in [0.15, 0.2) is 0 Å². The SMILES string of the molecule is Cc1ccc2c(c1)C(c1ccccc1)=NNCC(=O)N2C. The van der Waals surface area contributed by atoms with Crippen LogP contribution in [0.3, 0.4) is 0 Å². The number of hydrazone groups is 1. The number of amides is 1. The van der Waals surface area contributed by atoms with Gasteiger partial charge in [0.25, 0.3) is 0 Å². The minimum atomic E-state index is -0.00374. The Balaban J connectivity index is 2.21. The molecule has 1 N–H and O–H groups in total. The summed E-state index contributed by atoms with van der Waals surface area (Å²) in [6, 6.07) is 16.1. The summed E-state index contributed by atoms with van der Waals surface area (Å²) in [6.45, 7) is 2.23. The van der Waals surface area contributed by atoms with Gasteiger partial charge in [0.1, 0.15) is 6.54 Å². The van der Waals surface area contributed by atoms with Gasteiger partial charge < -0.3 is 10.3 Å². The van der Waals surface area contributed by atoms with Gasteiger partial charge in [-0.1, -0.05) is 42.0 Å². The van der Waals surface area contributed by atoms with Crippen molar-refractivity contribution in [1.82, 2.24) is 5.43 Å². The Morgan fingerprint density at radius 2 is 1.90 bits per heavy atom. The fourth-order valence-corrected chi connectivity index (χ4v) is 2.45. The summed E-state index contributed by atoms with van der Waals surface area (Å²) in [5, 5.41) is 4.44. The maximum absolute atomic E-state index is 12.1. The molecule has 0 fully saturated rings. The summed E-state index contributed by atoms with van der Waals surface area (Å²) in [7, 11) is 1.80. The fourth-order valence-electron chi connectivity index (χ4n) is 2.45. The average Bonchev–Trinajstić information content (AvgIpc) is 2.50. The highest BCUT2D eigenvalue weighted by molar-refractivity contribution is 6.17. The zero-order valence-corrected chi connectivity index (χ0v) is 12.1. The first-order chi connectivity index (χ1) is 10.2. The van der Waals surface area contributed by atoms with Gasteiger partial charge in [0.2, 0.25) is 5.91 Å². The fraction of sp³-hybridized carbons (Fsp3) is 0.176. The molecule has 2 aromatic carbocycles. The van der Waals surface area contributed by atoms with Crippen molar-refractivity contribution in [3.63, 3.8) is 0 Å². The van der Waals surface area contributed by atoms with E-state index in [0.29, 0.717) is 0 Å². The number of nitrogens with one attached hydrogen (secondary N) is 1. The number of carbonyl (C=O) groups is 1. The summed E-state index contributed by atoms with van der Waals surface area (Å²) in [4.78, 5) is 13.7. The molecule has 1 aliphatic heterocycles. The Bertz CT molecular complexity index is 707. The maximum atomic E-state index is 12.1. The van der Waals surface area contributed by atoms with Crippen LogP contribution in [-0.2, 0) is 4.79 Å². The third kappa shape index (κ3) is 2.52. The Hall–Kier alpha value is -2.62. The zero-order chi connectivity index (χ0) is 14.8. The monoisotopic (exact) mass is 279 g/mol. The summed E-state index contributed by atoms with van der Waals surface area (Å²) in [6.07, 6.45) is 0. The smallest absolute Gasteiger partial charge is 0.247 e. The van der Waals surface area contributed by atoms with Crippen LogP contribution in [0.15, 0.2) is 53.6 Å². The van der Waals surface area contributed by atoms with Crippen molar-refractivity contribution in [2.24, 2.45) is 5.10 Å². The minimum absolute atomic E-state index is 0.00374. The third-order valence-corrected chi connectivity index (χ3v) is 3.61. The summed E-state index contributed by atoms with van der Waals surface area (Å²) >= 11 is 0. The molecule has 0 aliphatic carbocycles. The maximum Gasteiger partial charge on any atom is 0.247 e. The molecule has 2 aromatic rings. The number of aryl methyl sites for hydroxylation is 1. The van der Waals surface area contributed by atoms with Gasteiger partial charge in [-0.3, -0.25) is 4.79 Å². The number of rotatable bonds is 1. The molecular weight excluding hydrogens is 262 g/mol. The lowest BCUT2D eigenvalue weighted by Gasteiger charge is -2.24. The molecule has 0 bridgehead atoms. The predicted molar refractivity (Wildman–Crippen MR) is 84.7 cm³/mol. The summed E-state index contributed by atoms with van der Waals surface area (Å²) in [5.74, 6) is -0.00374. The molecule has 0 spiro atoms. The van der Waals surface area contributed by atoms with Gasteiger partial charge in [0.05, 0.1) is 11.4 Å². The quantitative estimate of drug-likeness (QED) is 0.870. The normalized spacial score (nSPS) is 14.7. The first-order valence-corrected chi connectivity index (χ1v) is 6.90. The lowest BCUT2D eigenvalue weighted by molar-refractivity contribution is -0.117.